The normalized spacial score (nSPS) is 17.3. The van der Waals surface area contributed by atoms with Crippen LogP contribution in [0.1, 0.15) is 24.1 Å². The summed E-state index contributed by atoms with van der Waals surface area (Å²) in [6.07, 6.45) is 5.32. The lowest BCUT2D eigenvalue weighted by Gasteiger charge is -2.32. The van der Waals surface area contributed by atoms with Gasteiger partial charge in [0.25, 0.3) is 11.1 Å². The van der Waals surface area contributed by atoms with Crippen LogP contribution in [0.25, 0.3) is 28.5 Å². The zero-order chi connectivity index (χ0) is 26.8. The Balaban J connectivity index is 1.05. The third kappa shape index (κ3) is 5.64. The standard InChI is InChI=1S/C28H27N7O3S/c29-24-6-5-19(25(33-24)22-13-18-3-1-2-4-21(18)38-22)16-30-15-17-8-11-35(12-9-17)27-31-10-7-20(32-27)14-23-26(36)34-28(37)39-23/h1-7,10,13-14,17,30H,8-9,11-12,15-16H2,(H2,29,33)(H,34,36,37)/b23-14+. The first kappa shape index (κ1) is 25.1. The van der Waals surface area contributed by atoms with Crippen LogP contribution in [0.15, 0.2) is 64.1 Å². The highest BCUT2D eigenvalue weighted by Crippen LogP contribution is 2.30. The smallest absolute Gasteiger partial charge is 0.290 e. The first-order valence-corrected chi connectivity index (χ1v) is 13.6. The third-order valence-corrected chi connectivity index (χ3v) is 7.70. The molecule has 6 rings (SSSR count). The fourth-order valence-corrected chi connectivity index (χ4v) is 5.52. The summed E-state index contributed by atoms with van der Waals surface area (Å²) >= 11 is 0.882. The van der Waals surface area contributed by atoms with Crippen LogP contribution in [0.4, 0.5) is 16.6 Å². The van der Waals surface area contributed by atoms with Gasteiger partial charge in [0, 0.05) is 31.2 Å². The molecule has 2 aliphatic heterocycles. The monoisotopic (exact) mass is 541 g/mol. The van der Waals surface area contributed by atoms with Gasteiger partial charge in [-0.1, -0.05) is 24.3 Å². The highest BCUT2D eigenvalue weighted by Gasteiger charge is 2.26. The summed E-state index contributed by atoms with van der Waals surface area (Å²) in [4.78, 5) is 39.4. The molecule has 3 aromatic heterocycles. The number of nitrogens with one attached hydrogen (secondary N) is 2. The van der Waals surface area contributed by atoms with E-state index in [0.717, 1.165) is 66.5 Å². The van der Waals surface area contributed by atoms with E-state index in [1.807, 2.05) is 42.5 Å². The van der Waals surface area contributed by atoms with Crippen molar-refractivity contribution < 1.29 is 14.0 Å². The van der Waals surface area contributed by atoms with Crippen LogP contribution in [0.2, 0.25) is 0 Å². The molecule has 0 unspecified atom stereocenters. The molecule has 198 valence electrons. The molecule has 2 saturated heterocycles. The van der Waals surface area contributed by atoms with Crippen molar-refractivity contribution in [2.75, 3.05) is 30.3 Å². The Labute approximate surface area is 229 Å². The maximum atomic E-state index is 11.8. The van der Waals surface area contributed by atoms with E-state index < -0.39 is 5.91 Å². The number of aromatic nitrogens is 3. The molecule has 4 aromatic rings. The lowest BCUT2D eigenvalue weighted by atomic mass is 9.97. The lowest BCUT2D eigenvalue weighted by molar-refractivity contribution is -0.115. The van der Waals surface area contributed by atoms with Gasteiger partial charge in [0.15, 0.2) is 5.76 Å². The van der Waals surface area contributed by atoms with Crippen molar-refractivity contribution in [1.29, 1.82) is 0 Å². The number of fused-ring (bicyclic) bond motifs is 1. The van der Waals surface area contributed by atoms with E-state index in [1.165, 1.54) is 0 Å². The second kappa shape index (κ2) is 10.9. The van der Waals surface area contributed by atoms with Gasteiger partial charge in [-0.3, -0.25) is 14.9 Å². The molecule has 2 aliphatic rings. The molecule has 0 radical (unpaired) electrons. The summed E-state index contributed by atoms with van der Waals surface area (Å²) in [7, 11) is 0. The molecule has 11 heteroatoms. The van der Waals surface area contributed by atoms with Gasteiger partial charge in [0.05, 0.1) is 10.6 Å². The number of anilines is 2. The molecular weight excluding hydrogens is 514 g/mol. The van der Waals surface area contributed by atoms with Gasteiger partial charge in [0.1, 0.15) is 17.1 Å². The van der Waals surface area contributed by atoms with E-state index >= 15 is 0 Å². The number of piperidine rings is 1. The molecule has 2 fully saturated rings. The maximum Gasteiger partial charge on any atom is 0.290 e. The molecule has 0 bridgehead atoms. The summed E-state index contributed by atoms with van der Waals surface area (Å²) in [6.45, 7) is 3.22. The Kier molecular flexibility index (Phi) is 6.99. The summed E-state index contributed by atoms with van der Waals surface area (Å²) in [5, 5.41) is 6.53. The number of nitrogen functional groups attached to an aromatic ring is 1. The molecule has 10 nitrogen and oxygen atoms in total. The molecule has 2 amide bonds. The number of hydrogen-bond donors (Lipinski definition) is 3. The summed E-state index contributed by atoms with van der Waals surface area (Å²) in [6, 6.07) is 15.5. The van der Waals surface area contributed by atoms with Gasteiger partial charge in [-0.2, -0.15) is 0 Å². The number of nitrogens with zero attached hydrogens (tertiary/aromatic N) is 4. The van der Waals surface area contributed by atoms with Crippen LogP contribution < -0.4 is 21.3 Å². The fraction of sp³-hybridized carbons (Fsp3) is 0.250. The predicted molar refractivity (Wildman–Crippen MR) is 152 cm³/mol. The first-order valence-electron chi connectivity index (χ1n) is 12.8. The van der Waals surface area contributed by atoms with Crippen molar-refractivity contribution in [3.8, 4) is 11.5 Å². The number of imide groups is 1. The summed E-state index contributed by atoms with van der Waals surface area (Å²) in [5.74, 6) is 1.94. The average molecular weight is 542 g/mol. The predicted octanol–water partition coefficient (Wildman–Crippen LogP) is 4.20. The molecule has 0 aliphatic carbocycles. The minimum Gasteiger partial charge on any atom is -0.454 e. The molecular formula is C28H27N7O3S. The van der Waals surface area contributed by atoms with Gasteiger partial charge in [-0.25, -0.2) is 15.0 Å². The number of furan rings is 1. The van der Waals surface area contributed by atoms with Crippen LogP contribution in [-0.4, -0.2) is 45.7 Å². The second-order valence-electron chi connectivity index (χ2n) is 9.59. The van der Waals surface area contributed by atoms with Crippen LogP contribution in [0.5, 0.6) is 0 Å². The number of para-hydroxylation sites is 1. The molecule has 0 spiro atoms. The Morgan fingerprint density at radius 1 is 1.13 bits per heavy atom. The van der Waals surface area contributed by atoms with Crippen molar-refractivity contribution in [2.24, 2.45) is 5.92 Å². The Morgan fingerprint density at radius 3 is 2.77 bits per heavy atom. The van der Waals surface area contributed by atoms with E-state index in [9.17, 15) is 9.59 Å². The van der Waals surface area contributed by atoms with Crippen LogP contribution in [-0.2, 0) is 11.3 Å². The molecule has 0 atom stereocenters. The molecule has 39 heavy (non-hydrogen) atoms. The number of benzene rings is 1. The van der Waals surface area contributed by atoms with E-state index in [2.05, 4.69) is 30.5 Å². The quantitative estimate of drug-likeness (QED) is 0.292. The van der Waals surface area contributed by atoms with E-state index in [4.69, 9.17) is 10.2 Å². The van der Waals surface area contributed by atoms with E-state index in [1.54, 1.807) is 18.3 Å². The van der Waals surface area contributed by atoms with Gasteiger partial charge >= 0.3 is 0 Å². The van der Waals surface area contributed by atoms with Crippen molar-refractivity contribution in [3.05, 3.63) is 70.9 Å². The maximum absolute atomic E-state index is 11.8. The summed E-state index contributed by atoms with van der Waals surface area (Å²) in [5.41, 5.74) is 9.23. The van der Waals surface area contributed by atoms with Gasteiger partial charge < -0.3 is 20.4 Å². The third-order valence-electron chi connectivity index (χ3n) is 6.89. The average Bonchev–Trinajstić information content (AvgIpc) is 3.52. The largest absolute Gasteiger partial charge is 0.454 e. The Hall–Kier alpha value is -4.22. The first-order chi connectivity index (χ1) is 19.0. The van der Waals surface area contributed by atoms with Gasteiger partial charge in [-0.15, -0.1) is 0 Å². The molecule has 5 heterocycles. The molecule has 1 aromatic carbocycles. The number of carbonyl (C=O) groups is 2. The van der Waals surface area contributed by atoms with Crippen LogP contribution in [0, 0.1) is 5.92 Å². The Morgan fingerprint density at radius 2 is 1.97 bits per heavy atom. The van der Waals surface area contributed by atoms with E-state index in [-0.39, 0.29) is 5.24 Å². The fourth-order valence-electron chi connectivity index (χ4n) is 4.86. The highest BCUT2D eigenvalue weighted by molar-refractivity contribution is 8.18. The Bertz CT molecular complexity index is 1540. The topological polar surface area (TPSA) is 139 Å². The number of rotatable bonds is 7. The SMILES string of the molecule is Nc1ccc(CNCC2CCN(c3nccc(/C=C4/SC(=O)NC4=O)n3)CC2)c(-c2cc3ccccc3o2)n1. The lowest BCUT2D eigenvalue weighted by Crippen LogP contribution is -2.38. The highest BCUT2D eigenvalue weighted by atomic mass is 32.2. The number of hydrogen-bond acceptors (Lipinski definition) is 10. The second-order valence-corrected chi connectivity index (χ2v) is 10.6. The zero-order valence-electron chi connectivity index (χ0n) is 21.1. The summed E-state index contributed by atoms with van der Waals surface area (Å²) < 4.78 is 6.05. The van der Waals surface area contributed by atoms with Crippen LogP contribution >= 0.6 is 11.8 Å². The number of pyridine rings is 1. The van der Waals surface area contributed by atoms with Crippen molar-refractivity contribution in [3.63, 3.8) is 0 Å². The van der Waals surface area contributed by atoms with E-state index in [0.29, 0.717) is 40.6 Å². The molecule has 0 saturated carbocycles. The number of amides is 2. The number of carbonyl (C=O) groups excluding carboxylic acids is 2. The minimum atomic E-state index is -0.391. The van der Waals surface area contributed by atoms with Crippen molar-refractivity contribution in [2.45, 2.75) is 19.4 Å². The van der Waals surface area contributed by atoms with Crippen LogP contribution in [0.3, 0.4) is 0 Å². The van der Waals surface area contributed by atoms with Gasteiger partial charge in [-0.05, 0) is 73.0 Å². The minimum absolute atomic E-state index is 0.342. The zero-order valence-corrected chi connectivity index (χ0v) is 21.9. The number of thioether (sulfide) groups is 1. The molecule has 4 N–H and O–H groups in total. The number of nitrogens with two attached hydrogens (primary N) is 1. The van der Waals surface area contributed by atoms with Crippen molar-refractivity contribution in [1.82, 2.24) is 25.6 Å². The van der Waals surface area contributed by atoms with Gasteiger partial charge in [0.2, 0.25) is 5.95 Å². The van der Waals surface area contributed by atoms with Crippen molar-refractivity contribution >= 4 is 51.7 Å².